The molecule has 0 bridgehead atoms. The molecule has 5 nitrogen and oxygen atoms in total. The SMILES string of the molecule is COc1ccc(-c2cc(C(=O)Nc3ccc(F)c(F)c3)nn2C)cc1. The number of nitrogens with one attached hydrogen (secondary N) is 1. The zero-order valence-electron chi connectivity index (χ0n) is 13.6. The first-order valence-electron chi connectivity index (χ1n) is 7.43. The van der Waals surface area contributed by atoms with E-state index in [2.05, 4.69) is 10.4 Å². The Labute approximate surface area is 142 Å². The fourth-order valence-corrected chi connectivity index (χ4v) is 2.38. The van der Waals surface area contributed by atoms with Gasteiger partial charge in [-0.05, 0) is 42.5 Å². The molecule has 0 aliphatic carbocycles. The standard InChI is InChI=1S/C18H15F2N3O2/c1-23-17(11-3-6-13(25-2)7-4-11)10-16(22-23)18(24)21-12-5-8-14(19)15(20)9-12/h3-10H,1-2H3,(H,21,24). The first-order chi connectivity index (χ1) is 12.0. The van der Waals surface area contributed by atoms with Gasteiger partial charge in [-0.3, -0.25) is 9.48 Å². The number of hydrogen-bond acceptors (Lipinski definition) is 3. The molecular formula is C18H15F2N3O2. The molecule has 1 heterocycles. The zero-order chi connectivity index (χ0) is 18.0. The van der Waals surface area contributed by atoms with Crippen molar-refractivity contribution in [3.63, 3.8) is 0 Å². The number of carbonyl (C=O) groups excluding carboxylic acids is 1. The van der Waals surface area contributed by atoms with Crippen LogP contribution in [0.5, 0.6) is 5.75 Å². The van der Waals surface area contributed by atoms with Crippen molar-refractivity contribution >= 4 is 11.6 Å². The van der Waals surface area contributed by atoms with E-state index in [9.17, 15) is 13.6 Å². The molecule has 0 unspecified atom stereocenters. The molecule has 128 valence electrons. The summed E-state index contributed by atoms with van der Waals surface area (Å²) in [7, 11) is 3.30. The Morgan fingerprint density at radius 3 is 2.44 bits per heavy atom. The second-order valence-electron chi connectivity index (χ2n) is 5.35. The molecule has 0 atom stereocenters. The highest BCUT2D eigenvalue weighted by atomic mass is 19.2. The molecule has 3 aromatic rings. The van der Waals surface area contributed by atoms with Crippen molar-refractivity contribution in [2.75, 3.05) is 12.4 Å². The second kappa shape index (κ2) is 6.72. The van der Waals surface area contributed by atoms with Crippen LogP contribution in [0.25, 0.3) is 11.3 Å². The number of benzene rings is 2. The molecule has 0 spiro atoms. The number of halogens is 2. The van der Waals surface area contributed by atoms with Gasteiger partial charge >= 0.3 is 0 Å². The first kappa shape index (κ1) is 16.6. The van der Waals surface area contributed by atoms with Crippen LogP contribution in [0.1, 0.15) is 10.5 Å². The van der Waals surface area contributed by atoms with E-state index in [1.807, 2.05) is 24.3 Å². The summed E-state index contributed by atoms with van der Waals surface area (Å²) in [5.41, 5.74) is 1.92. The molecule has 0 fully saturated rings. The maximum absolute atomic E-state index is 13.2. The lowest BCUT2D eigenvalue weighted by molar-refractivity contribution is 0.102. The Kier molecular flexibility index (Phi) is 4.47. The van der Waals surface area contributed by atoms with Crippen molar-refractivity contribution in [2.45, 2.75) is 0 Å². The number of nitrogens with zero attached hydrogens (tertiary/aromatic N) is 2. The van der Waals surface area contributed by atoms with E-state index in [1.165, 1.54) is 6.07 Å². The number of hydrogen-bond donors (Lipinski definition) is 1. The summed E-state index contributed by atoms with van der Waals surface area (Å²) < 4.78 is 32.9. The van der Waals surface area contributed by atoms with E-state index < -0.39 is 17.5 Å². The number of anilines is 1. The van der Waals surface area contributed by atoms with Crippen LogP contribution in [-0.2, 0) is 7.05 Å². The maximum atomic E-state index is 13.2. The van der Waals surface area contributed by atoms with Gasteiger partial charge in [0, 0.05) is 24.4 Å². The Balaban J connectivity index is 1.83. The Morgan fingerprint density at radius 2 is 1.80 bits per heavy atom. The molecule has 1 amide bonds. The number of rotatable bonds is 4. The molecule has 0 radical (unpaired) electrons. The van der Waals surface area contributed by atoms with Crippen LogP contribution in [0.3, 0.4) is 0 Å². The number of methoxy groups -OCH3 is 1. The fourth-order valence-electron chi connectivity index (χ4n) is 2.38. The molecule has 3 rings (SSSR count). The lowest BCUT2D eigenvalue weighted by Gasteiger charge is -2.03. The highest BCUT2D eigenvalue weighted by molar-refractivity contribution is 6.03. The van der Waals surface area contributed by atoms with Crippen LogP contribution in [0.4, 0.5) is 14.5 Å². The summed E-state index contributed by atoms with van der Waals surface area (Å²) in [4.78, 5) is 12.3. The number of amides is 1. The summed E-state index contributed by atoms with van der Waals surface area (Å²) in [5.74, 6) is -1.79. The zero-order valence-corrected chi connectivity index (χ0v) is 13.6. The summed E-state index contributed by atoms with van der Waals surface area (Å²) in [6, 6.07) is 12.1. The quantitative estimate of drug-likeness (QED) is 0.787. The van der Waals surface area contributed by atoms with Gasteiger partial charge in [0.05, 0.1) is 12.8 Å². The Hall–Kier alpha value is -3.22. The summed E-state index contributed by atoms with van der Waals surface area (Å²) >= 11 is 0. The summed E-state index contributed by atoms with van der Waals surface area (Å²) in [6.45, 7) is 0. The van der Waals surface area contributed by atoms with Gasteiger partial charge in [-0.25, -0.2) is 8.78 Å². The largest absolute Gasteiger partial charge is 0.497 e. The van der Waals surface area contributed by atoms with Crippen LogP contribution < -0.4 is 10.1 Å². The van der Waals surface area contributed by atoms with E-state index >= 15 is 0 Å². The minimum Gasteiger partial charge on any atom is -0.497 e. The van der Waals surface area contributed by atoms with Gasteiger partial charge in [0.2, 0.25) is 0 Å². The predicted octanol–water partition coefficient (Wildman–Crippen LogP) is 3.63. The average Bonchev–Trinajstić information content (AvgIpc) is 3.00. The minimum atomic E-state index is -1.03. The average molecular weight is 343 g/mol. The van der Waals surface area contributed by atoms with Crippen LogP contribution >= 0.6 is 0 Å². The van der Waals surface area contributed by atoms with Crippen molar-refractivity contribution in [1.29, 1.82) is 0 Å². The van der Waals surface area contributed by atoms with Crippen molar-refractivity contribution in [3.8, 4) is 17.0 Å². The number of aromatic nitrogens is 2. The van der Waals surface area contributed by atoms with Gasteiger partial charge < -0.3 is 10.1 Å². The lowest BCUT2D eigenvalue weighted by atomic mass is 10.1. The van der Waals surface area contributed by atoms with Crippen LogP contribution in [0.15, 0.2) is 48.5 Å². The molecule has 0 saturated heterocycles. The first-order valence-corrected chi connectivity index (χ1v) is 7.43. The van der Waals surface area contributed by atoms with Crippen LogP contribution in [0, 0.1) is 11.6 Å². The highest BCUT2D eigenvalue weighted by Crippen LogP contribution is 2.23. The molecule has 0 saturated carbocycles. The van der Waals surface area contributed by atoms with Crippen LogP contribution in [0.2, 0.25) is 0 Å². The van der Waals surface area contributed by atoms with E-state index in [0.717, 1.165) is 29.1 Å². The smallest absolute Gasteiger partial charge is 0.276 e. The van der Waals surface area contributed by atoms with E-state index in [1.54, 1.807) is 24.9 Å². The third-order valence-corrected chi connectivity index (χ3v) is 3.68. The van der Waals surface area contributed by atoms with Crippen molar-refractivity contribution in [1.82, 2.24) is 9.78 Å². The number of aryl methyl sites for hydroxylation is 1. The topological polar surface area (TPSA) is 56.1 Å². The fraction of sp³-hybridized carbons (Fsp3) is 0.111. The third-order valence-electron chi connectivity index (χ3n) is 3.68. The predicted molar refractivity (Wildman–Crippen MR) is 89.5 cm³/mol. The Morgan fingerprint density at radius 1 is 1.08 bits per heavy atom. The minimum absolute atomic E-state index is 0.153. The monoisotopic (exact) mass is 343 g/mol. The number of carbonyl (C=O) groups is 1. The Bertz CT molecular complexity index is 921. The van der Waals surface area contributed by atoms with Gasteiger partial charge in [0.25, 0.3) is 5.91 Å². The molecule has 0 aliphatic rings. The second-order valence-corrected chi connectivity index (χ2v) is 5.35. The van der Waals surface area contributed by atoms with Gasteiger partial charge in [-0.2, -0.15) is 5.10 Å². The van der Waals surface area contributed by atoms with Gasteiger partial charge in [0.1, 0.15) is 5.75 Å². The number of ether oxygens (including phenoxy) is 1. The summed E-state index contributed by atoms with van der Waals surface area (Å²) in [5, 5.41) is 6.67. The molecular weight excluding hydrogens is 328 g/mol. The molecule has 2 aromatic carbocycles. The molecule has 1 N–H and O–H groups in total. The molecule has 25 heavy (non-hydrogen) atoms. The molecule has 0 aliphatic heterocycles. The summed E-state index contributed by atoms with van der Waals surface area (Å²) in [6.07, 6.45) is 0. The molecule has 7 heteroatoms. The highest BCUT2D eigenvalue weighted by Gasteiger charge is 2.15. The van der Waals surface area contributed by atoms with Gasteiger partial charge in [-0.15, -0.1) is 0 Å². The molecule has 1 aromatic heterocycles. The van der Waals surface area contributed by atoms with Crippen molar-refractivity contribution in [2.24, 2.45) is 7.05 Å². The van der Waals surface area contributed by atoms with Crippen molar-refractivity contribution in [3.05, 3.63) is 65.9 Å². The van der Waals surface area contributed by atoms with Gasteiger partial charge in [0.15, 0.2) is 17.3 Å². The van der Waals surface area contributed by atoms with Crippen LogP contribution in [-0.4, -0.2) is 22.8 Å². The maximum Gasteiger partial charge on any atom is 0.276 e. The van der Waals surface area contributed by atoms with E-state index in [4.69, 9.17) is 4.74 Å². The lowest BCUT2D eigenvalue weighted by Crippen LogP contribution is -2.13. The van der Waals surface area contributed by atoms with E-state index in [0.29, 0.717) is 0 Å². The van der Waals surface area contributed by atoms with Crippen molar-refractivity contribution < 1.29 is 18.3 Å². The van der Waals surface area contributed by atoms with E-state index in [-0.39, 0.29) is 11.4 Å². The third kappa shape index (κ3) is 3.50. The van der Waals surface area contributed by atoms with Gasteiger partial charge in [-0.1, -0.05) is 0 Å². The normalized spacial score (nSPS) is 10.6.